The number of ether oxygens (including phenoxy) is 2. The van der Waals surface area contributed by atoms with Gasteiger partial charge in [-0.15, -0.1) is 0 Å². The highest BCUT2D eigenvalue weighted by Gasteiger charge is 2.22. The molecule has 0 aliphatic carbocycles. The Kier molecular flexibility index (Phi) is 7.24. The van der Waals surface area contributed by atoms with E-state index in [4.69, 9.17) is 14.6 Å². The molecule has 4 aromatic rings. The number of unbranched alkanes of at least 4 members (excludes halogenated alkanes) is 1. The van der Waals surface area contributed by atoms with E-state index in [1.54, 1.807) is 11.3 Å². The summed E-state index contributed by atoms with van der Waals surface area (Å²) >= 11 is 1.72. The molecule has 1 aliphatic heterocycles. The number of nitrogens with zero attached hydrogens (tertiary/aromatic N) is 2. The lowest BCUT2D eigenvalue weighted by molar-refractivity contribution is -0.660. The van der Waals surface area contributed by atoms with E-state index >= 15 is 0 Å². The fourth-order valence-electron chi connectivity index (χ4n) is 3.65. The van der Waals surface area contributed by atoms with Gasteiger partial charge >= 0.3 is 0 Å². The average Bonchev–Trinajstić information content (AvgIpc) is 3.44. The van der Waals surface area contributed by atoms with Gasteiger partial charge in [0.25, 0.3) is 10.1 Å². The largest absolute Gasteiger partial charge is 1.00 e. The molecule has 5 rings (SSSR count). The van der Waals surface area contributed by atoms with Crippen molar-refractivity contribution in [2.24, 2.45) is 0 Å². The molecule has 7 heteroatoms. The van der Waals surface area contributed by atoms with Gasteiger partial charge in [-0.25, -0.2) is 0 Å². The van der Waals surface area contributed by atoms with E-state index in [0.29, 0.717) is 6.79 Å². The predicted octanol–water partition coefficient (Wildman–Crippen LogP) is 2.46. The van der Waals surface area contributed by atoms with Gasteiger partial charge in [0, 0.05) is 29.3 Å². The van der Waals surface area contributed by atoms with E-state index in [2.05, 4.69) is 58.5 Å². The van der Waals surface area contributed by atoms with Crippen LogP contribution in [0.5, 0.6) is 11.5 Å². The Morgan fingerprint density at radius 1 is 0.844 bits per heavy atom. The van der Waals surface area contributed by atoms with E-state index in [1.807, 2.05) is 30.3 Å². The van der Waals surface area contributed by atoms with Crippen LogP contribution in [0.2, 0.25) is 0 Å². The van der Waals surface area contributed by atoms with E-state index in [0.717, 1.165) is 53.7 Å². The molecule has 0 atom stereocenters. The van der Waals surface area contributed by atoms with Gasteiger partial charge in [0.05, 0.1) is 0 Å². The second-order valence-corrected chi connectivity index (χ2v) is 8.50. The van der Waals surface area contributed by atoms with Crippen molar-refractivity contribution < 1.29 is 26.6 Å². The maximum absolute atomic E-state index is 5.49. The zero-order valence-corrected chi connectivity index (χ0v) is 19.1. The Balaban J connectivity index is 0.00000245. The summed E-state index contributed by atoms with van der Waals surface area (Å²) in [6.07, 6.45) is 4.20. The molecule has 0 bridgehead atoms. The number of aryl methyl sites for hydroxylation is 2. The molecule has 0 saturated carbocycles. The summed E-state index contributed by atoms with van der Waals surface area (Å²) in [5.74, 6) is 1.70. The Morgan fingerprint density at radius 2 is 1.56 bits per heavy atom. The zero-order chi connectivity index (χ0) is 20.9. The molecule has 0 saturated heterocycles. The Labute approximate surface area is 198 Å². The van der Waals surface area contributed by atoms with Crippen LogP contribution in [0.25, 0.3) is 5.69 Å². The van der Waals surface area contributed by atoms with Gasteiger partial charge in [-0.05, 0) is 65.1 Å². The molecule has 2 heterocycles. The van der Waals surface area contributed by atoms with Crippen LogP contribution in [-0.2, 0) is 12.8 Å². The first kappa shape index (κ1) is 22.1. The fourth-order valence-corrected chi connectivity index (χ4v) is 4.64. The standard InChI is InChI=1S/C25H24N3O2S.ClH/c1-3-10-20(11-4-1)26-25-27-28(21-12-5-2-6-13-21)24(31-25)14-8-7-9-19-15-16-22-23(17-19)30-18-29-22;/h1-6,10-13,15-17H,7-9,14,18H2,(H,26,27);1H/q+1;/p-1. The van der Waals surface area contributed by atoms with Gasteiger partial charge in [-0.1, -0.05) is 42.5 Å². The molecular weight excluding hydrogens is 442 g/mol. The van der Waals surface area contributed by atoms with Gasteiger partial charge in [0.1, 0.15) is 0 Å². The van der Waals surface area contributed by atoms with Crippen molar-refractivity contribution in [3.63, 3.8) is 0 Å². The van der Waals surface area contributed by atoms with Crippen molar-refractivity contribution in [2.75, 3.05) is 12.1 Å². The molecule has 5 nitrogen and oxygen atoms in total. The first-order valence-corrected chi connectivity index (χ1v) is 11.3. The van der Waals surface area contributed by atoms with Crippen LogP contribution in [0.3, 0.4) is 0 Å². The monoisotopic (exact) mass is 465 g/mol. The van der Waals surface area contributed by atoms with Crippen LogP contribution in [0, 0.1) is 0 Å². The molecule has 3 aromatic carbocycles. The third kappa shape index (κ3) is 5.21. The van der Waals surface area contributed by atoms with Gasteiger partial charge in [-0.3, -0.25) is 0 Å². The lowest BCUT2D eigenvalue weighted by atomic mass is 10.1. The lowest BCUT2D eigenvalue weighted by Crippen LogP contribution is -3.00. The summed E-state index contributed by atoms with van der Waals surface area (Å²) in [7, 11) is 0. The number of hydrogen-bond acceptors (Lipinski definition) is 5. The number of para-hydroxylation sites is 2. The van der Waals surface area contributed by atoms with E-state index in [9.17, 15) is 0 Å². The second-order valence-electron chi connectivity index (χ2n) is 7.43. The van der Waals surface area contributed by atoms with Crippen molar-refractivity contribution in [3.05, 3.63) is 89.4 Å². The topological polar surface area (TPSA) is 47.3 Å². The quantitative estimate of drug-likeness (QED) is 0.321. The van der Waals surface area contributed by atoms with Crippen molar-refractivity contribution >= 4 is 22.2 Å². The maximum Gasteiger partial charge on any atom is 0.273 e. The zero-order valence-electron chi connectivity index (χ0n) is 17.5. The van der Waals surface area contributed by atoms with Gasteiger partial charge in [-0.2, -0.15) is 0 Å². The smallest absolute Gasteiger partial charge is 0.273 e. The highest BCUT2D eigenvalue weighted by Crippen LogP contribution is 2.33. The SMILES string of the molecule is [Cl-].c1ccc(Nc2n[n+](-c3ccccc3)c(CCCCc3ccc4c(c3)OCO4)s2)cc1. The molecule has 1 aliphatic rings. The van der Waals surface area contributed by atoms with Gasteiger partial charge in [0.2, 0.25) is 12.5 Å². The number of nitrogens with one attached hydrogen (secondary N) is 1. The van der Waals surface area contributed by atoms with E-state index < -0.39 is 0 Å². The van der Waals surface area contributed by atoms with Crippen LogP contribution in [-0.4, -0.2) is 11.9 Å². The molecule has 164 valence electrons. The fraction of sp³-hybridized carbons (Fsp3) is 0.200. The molecule has 1 N–H and O–H groups in total. The Morgan fingerprint density at radius 3 is 2.38 bits per heavy atom. The third-order valence-corrected chi connectivity index (χ3v) is 6.20. The number of fused-ring (bicyclic) bond motifs is 1. The number of benzene rings is 3. The van der Waals surface area contributed by atoms with E-state index in [1.165, 1.54) is 10.6 Å². The molecule has 32 heavy (non-hydrogen) atoms. The summed E-state index contributed by atoms with van der Waals surface area (Å²) in [5, 5.41) is 10.4. The number of anilines is 2. The summed E-state index contributed by atoms with van der Waals surface area (Å²) < 4.78 is 13.0. The van der Waals surface area contributed by atoms with Crippen molar-refractivity contribution in [1.29, 1.82) is 0 Å². The minimum Gasteiger partial charge on any atom is -1.00 e. The minimum absolute atomic E-state index is 0. The molecule has 0 unspecified atom stereocenters. The normalized spacial score (nSPS) is 11.8. The number of rotatable bonds is 8. The van der Waals surface area contributed by atoms with Crippen LogP contribution in [0.4, 0.5) is 10.8 Å². The molecule has 0 fully saturated rings. The number of aromatic nitrogens is 2. The third-order valence-electron chi connectivity index (χ3n) is 5.21. The molecule has 0 spiro atoms. The van der Waals surface area contributed by atoms with Gasteiger partial charge < -0.3 is 27.2 Å². The highest BCUT2D eigenvalue weighted by molar-refractivity contribution is 7.15. The summed E-state index contributed by atoms with van der Waals surface area (Å²) in [6, 6.07) is 26.7. The van der Waals surface area contributed by atoms with Crippen LogP contribution in [0.1, 0.15) is 23.4 Å². The molecule has 0 radical (unpaired) electrons. The minimum atomic E-state index is 0. The lowest BCUT2D eigenvalue weighted by Gasteiger charge is -2.02. The van der Waals surface area contributed by atoms with Crippen molar-refractivity contribution in [3.8, 4) is 17.2 Å². The second kappa shape index (κ2) is 10.5. The predicted molar refractivity (Wildman–Crippen MR) is 123 cm³/mol. The maximum atomic E-state index is 5.49. The first-order valence-electron chi connectivity index (χ1n) is 10.5. The van der Waals surface area contributed by atoms with Crippen molar-refractivity contribution in [1.82, 2.24) is 5.10 Å². The summed E-state index contributed by atoms with van der Waals surface area (Å²) in [5.41, 5.74) is 3.42. The molecule has 1 aromatic heterocycles. The average molecular weight is 466 g/mol. The van der Waals surface area contributed by atoms with Crippen LogP contribution >= 0.6 is 11.3 Å². The van der Waals surface area contributed by atoms with Gasteiger partial charge in [0.15, 0.2) is 11.5 Å². The Hall–Kier alpha value is -3.09. The summed E-state index contributed by atoms with van der Waals surface area (Å²) in [4.78, 5) is 0. The first-order chi connectivity index (χ1) is 15.3. The summed E-state index contributed by atoms with van der Waals surface area (Å²) in [6.45, 7) is 0.322. The Bertz CT molecular complexity index is 1150. The number of hydrogen-bond donors (Lipinski definition) is 1. The number of halogens is 1. The molecule has 0 amide bonds. The van der Waals surface area contributed by atoms with E-state index in [-0.39, 0.29) is 12.4 Å². The van der Waals surface area contributed by atoms with Crippen LogP contribution in [0.15, 0.2) is 78.9 Å². The van der Waals surface area contributed by atoms with Crippen LogP contribution < -0.4 is 31.9 Å². The molecular formula is C25H24ClN3O2S. The van der Waals surface area contributed by atoms with Crippen molar-refractivity contribution in [2.45, 2.75) is 25.7 Å². The highest BCUT2D eigenvalue weighted by atomic mass is 35.5.